The van der Waals surface area contributed by atoms with Crippen molar-refractivity contribution in [1.82, 2.24) is 19.4 Å². The molecule has 1 aromatic heterocycles. The summed E-state index contributed by atoms with van der Waals surface area (Å²) in [6.45, 7) is 4.67. The number of hydrogen-bond acceptors (Lipinski definition) is 4. The molecule has 1 aromatic rings. The number of alkyl halides is 3. The Balaban J connectivity index is 1.50. The highest BCUT2D eigenvalue weighted by molar-refractivity contribution is 5.03. The molecule has 0 spiro atoms. The molecular formula is C18H27F3N4O. The first-order valence-corrected chi connectivity index (χ1v) is 9.39. The van der Waals surface area contributed by atoms with Crippen LogP contribution in [0.1, 0.15) is 37.8 Å². The summed E-state index contributed by atoms with van der Waals surface area (Å²) in [7, 11) is 2.20. The van der Waals surface area contributed by atoms with Gasteiger partial charge < -0.3 is 9.80 Å². The Kier molecular flexibility index (Phi) is 6.02. The summed E-state index contributed by atoms with van der Waals surface area (Å²) in [5.41, 5.74) is -1.75. The first-order valence-electron chi connectivity index (χ1n) is 9.39. The van der Waals surface area contributed by atoms with E-state index in [1.165, 1.54) is 30.4 Å². The number of likely N-dealkylation sites (N-methyl/N-ethyl adjacent to an activating group) is 1. The molecule has 2 aliphatic rings. The van der Waals surface area contributed by atoms with Crippen molar-refractivity contribution in [2.45, 2.75) is 50.9 Å². The number of aromatic nitrogens is 2. The summed E-state index contributed by atoms with van der Waals surface area (Å²) in [6, 6.07) is 1.22. The van der Waals surface area contributed by atoms with Crippen molar-refractivity contribution in [2.24, 2.45) is 5.92 Å². The van der Waals surface area contributed by atoms with E-state index in [4.69, 9.17) is 0 Å². The van der Waals surface area contributed by atoms with Gasteiger partial charge in [0.15, 0.2) is 5.69 Å². The standard InChI is InChI=1S/C18H27F3N4O/c1-23-7-3-2-4-15(23)12-24-8-5-14(6-9-24)11-25-13-22-16(10-17(25)26)18(19,20)21/h10,13-15H,2-9,11-12H2,1H3. The number of likely N-dealkylation sites (tertiary alicyclic amines) is 2. The van der Waals surface area contributed by atoms with Gasteiger partial charge in [0.1, 0.15) is 0 Å². The Morgan fingerprint density at radius 3 is 2.46 bits per heavy atom. The summed E-state index contributed by atoms with van der Waals surface area (Å²) >= 11 is 0. The number of rotatable bonds is 4. The normalized spacial score (nSPS) is 24.1. The minimum absolute atomic E-state index is 0.312. The van der Waals surface area contributed by atoms with Gasteiger partial charge in [0.05, 0.1) is 6.33 Å². The van der Waals surface area contributed by atoms with E-state index in [0.717, 1.165) is 38.8 Å². The molecule has 2 saturated heterocycles. The summed E-state index contributed by atoms with van der Waals surface area (Å²) < 4.78 is 39.1. The van der Waals surface area contributed by atoms with E-state index in [-0.39, 0.29) is 0 Å². The van der Waals surface area contributed by atoms with E-state index >= 15 is 0 Å². The van der Waals surface area contributed by atoms with E-state index in [9.17, 15) is 18.0 Å². The third-order valence-electron chi connectivity index (χ3n) is 5.72. The first-order chi connectivity index (χ1) is 12.3. The average molecular weight is 372 g/mol. The maximum absolute atomic E-state index is 12.6. The van der Waals surface area contributed by atoms with E-state index in [1.807, 2.05) is 0 Å². The van der Waals surface area contributed by atoms with Gasteiger partial charge >= 0.3 is 6.18 Å². The molecule has 0 N–H and O–H groups in total. The van der Waals surface area contributed by atoms with Crippen molar-refractivity contribution in [3.63, 3.8) is 0 Å². The number of nitrogens with zero attached hydrogens (tertiary/aromatic N) is 4. The lowest BCUT2D eigenvalue weighted by molar-refractivity contribution is -0.141. The van der Waals surface area contributed by atoms with Gasteiger partial charge in [0.2, 0.25) is 0 Å². The van der Waals surface area contributed by atoms with E-state index < -0.39 is 17.4 Å². The first kappa shape index (κ1) is 19.4. The molecule has 3 rings (SSSR count). The van der Waals surface area contributed by atoms with Gasteiger partial charge in [-0.3, -0.25) is 9.36 Å². The van der Waals surface area contributed by atoms with E-state index in [2.05, 4.69) is 21.8 Å². The van der Waals surface area contributed by atoms with Crippen LogP contribution >= 0.6 is 0 Å². The molecule has 0 bridgehead atoms. The van der Waals surface area contributed by atoms with E-state index in [0.29, 0.717) is 24.6 Å². The van der Waals surface area contributed by atoms with Crippen LogP contribution in [0.15, 0.2) is 17.2 Å². The van der Waals surface area contributed by atoms with Crippen LogP contribution in [0.5, 0.6) is 0 Å². The van der Waals surface area contributed by atoms with Crippen molar-refractivity contribution in [1.29, 1.82) is 0 Å². The van der Waals surface area contributed by atoms with Gasteiger partial charge in [-0.15, -0.1) is 0 Å². The molecule has 2 fully saturated rings. The van der Waals surface area contributed by atoms with Gasteiger partial charge in [0, 0.05) is 25.2 Å². The molecule has 5 nitrogen and oxygen atoms in total. The molecular weight excluding hydrogens is 345 g/mol. The highest BCUT2D eigenvalue weighted by Gasteiger charge is 2.33. The molecule has 3 heterocycles. The summed E-state index contributed by atoms with van der Waals surface area (Å²) in [5, 5.41) is 0. The van der Waals surface area contributed by atoms with Crippen LogP contribution in [0, 0.1) is 5.92 Å². The van der Waals surface area contributed by atoms with Crippen molar-refractivity contribution in [3.05, 3.63) is 28.4 Å². The predicted molar refractivity (Wildman–Crippen MR) is 92.9 cm³/mol. The Labute approximate surface area is 151 Å². The maximum Gasteiger partial charge on any atom is 0.433 e. The molecule has 0 amide bonds. The van der Waals surface area contributed by atoms with Crippen molar-refractivity contribution >= 4 is 0 Å². The second-order valence-electron chi connectivity index (χ2n) is 7.64. The third-order valence-corrected chi connectivity index (χ3v) is 5.72. The molecule has 0 radical (unpaired) electrons. The van der Waals surface area contributed by atoms with Crippen LogP contribution in [0.2, 0.25) is 0 Å². The Bertz CT molecular complexity index is 653. The minimum Gasteiger partial charge on any atom is -0.302 e. The number of halogens is 3. The molecule has 0 aromatic carbocycles. The van der Waals surface area contributed by atoms with Crippen molar-refractivity contribution < 1.29 is 13.2 Å². The van der Waals surface area contributed by atoms with Crippen LogP contribution < -0.4 is 5.56 Å². The molecule has 1 atom stereocenters. The Hall–Kier alpha value is -1.41. The largest absolute Gasteiger partial charge is 0.433 e. The molecule has 26 heavy (non-hydrogen) atoms. The highest BCUT2D eigenvalue weighted by Crippen LogP contribution is 2.26. The molecule has 146 valence electrons. The topological polar surface area (TPSA) is 41.4 Å². The monoisotopic (exact) mass is 372 g/mol. The zero-order valence-corrected chi connectivity index (χ0v) is 15.2. The zero-order valence-electron chi connectivity index (χ0n) is 15.2. The smallest absolute Gasteiger partial charge is 0.302 e. The fraction of sp³-hybridized carbons (Fsp3) is 0.778. The van der Waals surface area contributed by atoms with E-state index in [1.54, 1.807) is 0 Å². The third kappa shape index (κ3) is 4.85. The molecule has 0 saturated carbocycles. The fourth-order valence-electron chi connectivity index (χ4n) is 4.02. The van der Waals surface area contributed by atoms with Crippen LogP contribution in [-0.4, -0.2) is 58.6 Å². The van der Waals surface area contributed by atoms with Gasteiger partial charge in [0.25, 0.3) is 5.56 Å². The molecule has 2 aliphatic heterocycles. The Morgan fingerprint density at radius 2 is 1.85 bits per heavy atom. The zero-order chi connectivity index (χ0) is 18.7. The number of hydrogen-bond donors (Lipinski definition) is 0. The molecule has 0 aliphatic carbocycles. The quantitative estimate of drug-likeness (QED) is 0.814. The highest BCUT2D eigenvalue weighted by atomic mass is 19.4. The lowest BCUT2D eigenvalue weighted by Crippen LogP contribution is -2.47. The van der Waals surface area contributed by atoms with Gasteiger partial charge in [-0.05, 0) is 58.3 Å². The fourth-order valence-corrected chi connectivity index (χ4v) is 4.02. The summed E-state index contributed by atoms with van der Waals surface area (Å²) in [6.07, 6.45) is 2.22. The van der Waals surface area contributed by atoms with Crippen LogP contribution in [0.3, 0.4) is 0 Å². The van der Waals surface area contributed by atoms with Crippen LogP contribution in [0.4, 0.5) is 13.2 Å². The molecule has 1 unspecified atom stereocenters. The van der Waals surface area contributed by atoms with Crippen LogP contribution in [0.25, 0.3) is 0 Å². The summed E-state index contributed by atoms with van der Waals surface area (Å²) in [4.78, 5) is 20.3. The Morgan fingerprint density at radius 1 is 1.12 bits per heavy atom. The maximum atomic E-state index is 12.6. The van der Waals surface area contributed by atoms with Gasteiger partial charge in [-0.25, -0.2) is 4.98 Å². The number of piperidine rings is 2. The second kappa shape index (κ2) is 8.08. The van der Waals surface area contributed by atoms with Gasteiger partial charge in [-0.1, -0.05) is 6.42 Å². The second-order valence-corrected chi connectivity index (χ2v) is 7.64. The van der Waals surface area contributed by atoms with Crippen molar-refractivity contribution in [2.75, 3.05) is 33.2 Å². The predicted octanol–water partition coefficient (Wildman–Crippen LogP) is 2.46. The SMILES string of the molecule is CN1CCCCC1CN1CCC(Cn2cnc(C(F)(F)F)cc2=O)CC1. The lowest BCUT2D eigenvalue weighted by Gasteiger charge is -2.39. The minimum atomic E-state index is -4.57. The summed E-state index contributed by atoms with van der Waals surface area (Å²) in [5.74, 6) is 0.312. The average Bonchev–Trinajstić information content (AvgIpc) is 2.59. The van der Waals surface area contributed by atoms with Crippen LogP contribution in [-0.2, 0) is 12.7 Å². The van der Waals surface area contributed by atoms with Gasteiger partial charge in [-0.2, -0.15) is 13.2 Å². The lowest BCUT2D eigenvalue weighted by atomic mass is 9.95. The molecule has 8 heteroatoms. The van der Waals surface area contributed by atoms with Crippen molar-refractivity contribution in [3.8, 4) is 0 Å².